The van der Waals surface area contributed by atoms with E-state index in [9.17, 15) is 18.0 Å². The molecule has 0 aliphatic carbocycles. The van der Waals surface area contributed by atoms with Crippen molar-refractivity contribution in [2.45, 2.75) is 33.7 Å². The third-order valence-corrected chi connectivity index (χ3v) is 4.69. The summed E-state index contributed by atoms with van der Waals surface area (Å²) in [4.78, 5) is 31.5. The van der Waals surface area contributed by atoms with Crippen LogP contribution in [0.1, 0.15) is 38.1 Å². The lowest BCUT2D eigenvalue weighted by molar-refractivity contribution is -0.114. The lowest BCUT2D eigenvalue weighted by Crippen LogP contribution is -2.25. The highest BCUT2D eigenvalue weighted by Gasteiger charge is 2.17. The van der Waals surface area contributed by atoms with Gasteiger partial charge in [-0.15, -0.1) is 0 Å². The summed E-state index contributed by atoms with van der Waals surface area (Å²) in [5.74, 6) is -0.463. The van der Waals surface area contributed by atoms with Crippen LogP contribution in [-0.4, -0.2) is 42.5 Å². The number of carbonyl (C=O) groups is 2. The molecule has 0 spiro atoms. The van der Waals surface area contributed by atoms with E-state index in [0.29, 0.717) is 5.69 Å². The zero-order valence-corrected chi connectivity index (χ0v) is 18.7. The van der Waals surface area contributed by atoms with Crippen LogP contribution >= 0.6 is 0 Å². The minimum atomic E-state index is -3.84. The Morgan fingerprint density at radius 2 is 1.87 bits per heavy atom. The number of benzene rings is 1. The summed E-state index contributed by atoms with van der Waals surface area (Å²) in [5, 5.41) is 8.56. The molecule has 0 radical (unpaired) electrons. The van der Waals surface area contributed by atoms with Gasteiger partial charge in [-0.1, -0.05) is 13.8 Å². The van der Waals surface area contributed by atoms with E-state index >= 15 is 0 Å². The maximum absolute atomic E-state index is 11.7. The van der Waals surface area contributed by atoms with Crippen LogP contribution in [0.25, 0.3) is 0 Å². The van der Waals surface area contributed by atoms with Crippen molar-refractivity contribution in [3.05, 3.63) is 30.0 Å². The lowest BCUT2D eigenvalue weighted by atomic mass is 10.1. The summed E-state index contributed by atoms with van der Waals surface area (Å²) in [6.07, 6.45) is 2.19. The molecule has 5 N–H and O–H groups in total. The highest BCUT2D eigenvalue weighted by atomic mass is 32.2. The lowest BCUT2D eigenvalue weighted by Gasteiger charge is -2.20. The topological polar surface area (TPSA) is 165 Å². The molecule has 2 rings (SSSR count). The monoisotopic (exact) mass is 450 g/mol. The molecule has 0 saturated carbocycles. The van der Waals surface area contributed by atoms with E-state index in [0.717, 1.165) is 6.26 Å². The van der Waals surface area contributed by atoms with Crippen molar-refractivity contribution in [2.75, 3.05) is 22.2 Å². The molecule has 0 saturated heterocycles. The number of rotatable bonds is 9. The average molecular weight is 451 g/mol. The van der Waals surface area contributed by atoms with Gasteiger partial charge in [-0.25, -0.2) is 4.98 Å². The van der Waals surface area contributed by atoms with Gasteiger partial charge in [0.2, 0.25) is 11.9 Å². The SMILES string of the molecule is CC(=O)Nc1ccc(Nc2ncc(C(N)=O)c(NC(C)C(C)C)n2)cc1OS(C)(=O)=O. The Hall–Kier alpha value is -3.41. The molecule has 168 valence electrons. The standard InChI is InChI=1S/C19H26N6O5S/c1-10(2)11(3)22-18-14(17(20)27)9-21-19(25-18)24-13-6-7-15(23-12(4)26)16(8-13)30-31(5,28)29/h6-11H,1-5H3,(H2,20,27)(H,23,26)(H2,21,22,24,25). The molecular formula is C19H26N6O5S. The summed E-state index contributed by atoms with van der Waals surface area (Å²) in [5.41, 5.74) is 6.13. The van der Waals surface area contributed by atoms with Crippen molar-refractivity contribution in [1.29, 1.82) is 0 Å². The van der Waals surface area contributed by atoms with Gasteiger partial charge in [0, 0.05) is 30.9 Å². The van der Waals surface area contributed by atoms with Gasteiger partial charge in [0.1, 0.15) is 5.82 Å². The molecule has 0 fully saturated rings. The van der Waals surface area contributed by atoms with Crippen LogP contribution in [0.5, 0.6) is 5.75 Å². The molecule has 11 nitrogen and oxygen atoms in total. The molecule has 0 aliphatic rings. The summed E-state index contributed by atoms with van der Waals surface area (Å²) in [6.45, 7) is 7.27. The normalized spacial score (nSPS) is 12.2. The predicted molar refractivity (Wildman–Crippen MR) is 118 cm³/mol. The summed E-state index contributed by atoms with van der Waals surface area (Å²) >= 11 is 0. The highest BCUT2D eigenvalue weighted by Crippen LogP contribution is 2.30. The van der Waals surface area contributed by atoms with Gasteiger partial charge >= 0.3 is 10.1 Å². The van der Waals surface area contributed by atoms with E-state index in [-0.39, 0.29) is 46.6 Å². The Morgan fingerprint density at radius 1 is 1.19 bits per heavy atom. The van der Waals surface area contributed by atoms with Crippen LogP contribution in [0, 0.1) is 5.92 Å². The Bertz CT molecular complexity index is 1090. The van der Waals surface area contributed by atoms with Gasteiger partial charge in [-0.05, 0) is 25.0 Å². The quantitative estimate of drug-likeness (QED) is 0.418. The average Bonchev–Trinajstić information content (AvgIpc) is 2.62. The van der Waals surface area contributed by atoms with Crippen LogP contribution in [0.15, 0.2) is 24.4 Å². The number of nitrogens with two attached hydrogens (primary N) is 1. The van der Waals surface area contributed by atoms with Gasteiger partial charge in [-0.3, -0.25) is 9.59 Å². The number of anilines is 4. The number of nitrogens with one attached hydrogen (secondary N) is 3. The largest absolute Gasteiger partial charge is 0.380 e. The minimum Gasteiger partial charge on any atom is -0.380 e. The molecule has 12 heteroatoms. The zero-order valence-electron chi connectivity index (χ0n) is 17.9. The van der Waals surface area contributed by atoms with Crippen LogP contribution in [-0.2, 0) is 14.9 Å². The number of amides is 2. The third kappa shape index (κ3) is 7.10. The number of hydrogen-bond donors (Lipinski definition) is 4. The molecule has 1 aromatic heterocycles. The zero-order chi connectivity index (χ0) is 23.3. The fraction of sp³-hybridized carbons (Fsp3) is 0.368. The van der Waals surface area contributed by atoms with Gasteiger partial charge in [0.25, 0.3) is 5.91 Å². The van der Waals surface area contributed by atoms with Gasteiger partial charge in [0.15, 0.2) is 5.75 Å². The van der Waals surface area contributed by atoms with Crippen molar-refractivity contribution in [1.82, 2.24) is 9.97 Å². The van der Waals surface area contributed by atoms with E-state index in [4.69, 9.17) is 9.92 Å². The summed E-state index contributed by atoms with van der Waals surface area (Å²) < 4.78 is 28.1. The molecule has 1 heterocycles. The highest BCUT2D eigenvalue weighted by molar-refractivity contribution is 7.86. The van der Waals surface area contributed by atoms with Crippen molar-refractivity contribution in [2.24, 2.45) is 11.7 Å². The number of primary amides is 1. The first-order valence-electron chi connectivity index (χ1n) is 9.37. The van der Waals surface area contributed by atoms with Gasteiger partial charge in [-0.2, -0.15) is 13.4 Å². The molecule has 1 unspecified atom stereocenters. The maximum atomic E-state index is 11.7. The molecule has 2 amide bonds. The predicted octanol–water partition coefficient (Wildman–Crippen LogP) is 2.07. The number of carbonyl (C=O) groups excluding carboxylic acids is 2. The first-order valence-corrected chi connectivity index (χ1v) is 11.2. The Labute approximate surface area is 180 Å². The second-order valence-electron chi connectivity index (χ2n) is 7.30. The minimum absolute atomic E-state index is 0.00699. The number of aromatic nitrogens is 2. The van der Waals surface area contributed by atoms with Crippen molar-refractivity contribution >= 4 is 45.1 Å². The molecule has 2 aromatic rings. The fourth-order valence-corrected chi connectivity index (χ4v) is 2.83. The van der Waals surface area contributed by atoms with Crippen LogP contribution < -0.4 is 25.9 Å². The van der Waals surface area contributed by atoms with E-state index in [1.54, 1.807) is 6.07 Å². The molecular weight excluding hydrogens is 424 g/mol. The van der Waals surface area contributed by atoms with E-state index in [1.165, 1.54) is 25.3 Å². The molecule has 1 aromatic carbocycles. The Balaban J connectivity index is 2.39. The summed E-state index contributed by atoms with van der Waals surface area (Å²) in [7, 11) is -3.84. The van der Waals surface area contributed by atoms with Gasteiger partial charge < -0.3 is 25.9 Å². The van der Waals surface area contributed by atoms with Crippen molar-refractivity contribution in [3.63, 3.8) is 0 Å². The number of hydrogen-bond acceptors (Lipinski definition) is 9. The molecule has 31 heavy (non-hydrogen) atoms. The first kappa shape index (κ1) is 23.9. The van der Waals surface area contributed by atoms with E-state index < -0.39 is 16.0 Å². The fourth-order valence-electron chi connectivity index (χ4n) is 2.37. The van der Waals surface area contributed by atoms with Gasteiger partial charge in [0.05, 0.1) is 17.5 Å². The second kappa shape index (κ2) is 9.60. The first-order chi connectivity index (χ1) is 14.4. The Morgan fingerprint density at radius 3 is 2.42 bits per heavy atom. The molecule has 0 aliphatic heterocycles. The molecule has 1 atom stereocenters. The maximum Gasteiger partial charge on any atom is 0.306 e. The second-order valence-corrected chi connectivity index (χ2v) is 8.88. The molecule has 0 bridgehead atoms. The van der Waals surface area contributed by atoms with Crippen molar-refractivity contribution < 1.29 is 22.2 Å². The van der Waals surface area contributed by atoms with E-state index in [1.807, 2.05) is 20.8 Å². The van der Waals surface area contributed by atoms with Crippen LogP contribution in [0.3, 0.4) is 0 Å². The third-order valence-electron chi connectivity index (χ3n) is 4.21. The van der Waals surface area contributed by atoms with Crippen LogP contribution in [0.4, 0.5) is 23.1 Å². The summed E-state index contributed by atoms with van der Waals surface area (Å²) in [6, 6.07) is 4.44. The van der Waals surface area contributed by atoms with Crippen LogP contribution in [0.2, 0.25) is 0 Å². The van der Waals surface area contributed by atoms with E-state index in [2.05, 4.69) is 25.9 Å². The Kier molecular flexibility index (Phi) is 7.39. The smallest absolute Gasteiger partial charge is 0.306 e. The van der Waals surface area contributed by atoms with Crippen molar-refractivity contribution in [3.8, 4) is 5.75 Å². The number of nitrogens with zero attached hydrogens (tertiary/aromatic N) is 2.